The molecule has 1 aliphatic heterocycles. The number of carbonyl (C=O) groups is 1. The number of hydrogen-bond donors (Lipinski definition) is 2. The van der Waals surface area contributed by atoms with Gasteiger partial charge in [-0.1, -0.05) is 6.92 Å². The van der Waals surface area contributed by atoms with E-state index in [9.17, 15) is 9.90 Å². The number of hydrogen-bond acceptors (Lipinski definition) is 6. The Morgan fingerprint density at radius 1 is 1.60 bits per heavy atom. The molecule has 3 N–H and O–H groups in total. The lowest BCUT2D eigenvalue weighted by Crippen LogP contribution is -2.33. The third-order valence-electron chi connectivity index (χ3n) is 3.66. The van der Waals surface area contributed by atoms with Gasteiger partial charge >= 0.3 is 5.97 Å². The maximum absolute atomic E-state index is 12.0. The lowest BCUT2D eigenvalue weighted by atomic mass is 10.2. The van der Waals surface area contributed by atoms with Crippen LogP contribution in [0.1, 0.15) is 36.5 Å². The number of aliphatic hydroxyl groups is 1. The van der Waals surface area contributed by atoms with Crippen molar-refractivity contribution in [2.45, 2.75) is 38.8 Å². The molecule has 0 radical (unpaired) electrons. The van der Waals surface area contributed by atoms with Gasteiger partial charge in [0.15, 0.2) is 5.82 Å². The van der Waals surface area contributed by atoms with E-state index in [1.807, 2.05) is 11.8 Å². The number of esters is 1. The van der Waals surface area contributed by atoms with E-state index >= 15 is 0 Å². The van der Waals surface area contributed by atoms with E-state index in [2.05, 4.69) is 5.10 Å². The Bertz CT molecular complexity index is 486. The van der Waals surface area contributed by atoms with Gasteiger partial charge in [-0.15, -0.1) is 0 Å². The molecule has 0 aromatic carbocycles. The zero-order chi connectivity index (χ0) is 14.7. The minimum Gasteiger partial charge on any atom is -0.465 e. The highest BCUT2D eigenvalue weighted by atomic mass is 16.5. The molecule has 1 aromatic rings. The van der Waals surface area contributed by atoms with Crippen LogP contribution in [0, 0.1) is 0 Å². The van der Waals surface area contributed by atoms with Gasteiger partial charge in [-0.25, -0.2) is 9.48 Å². The maximum atomic E-state index is 12.0. The van der Waals surface area contributed by atoms with E-state index in [-0.39, 0.29) is 12.6 Å². The number of aryl methyl sites for hydroxylation is 1. The number of nitrogens with two attached hydrogens (primary N) is 1. The quantitative estimate of drug-likeness (QED) is 0.769. The van der Waals surface area contributed by atoms with E-state index < -0.39 is 5.97 Å². The van der Waals surface area contributed by atoms with Crippen molar-refractivity contribution in [3.8, 4) is 0 Å². The van der Waals surface area contributed by atoms with Crippen LogP contribution in [0.3, 0.4) is 0 Å². The predicted octanol–water partition coefficient (Wildman–Crippen LogP) is 0.623. The molecule has 0 amide bonds. The average molecular weight is 282 g/mol. The molecule has 2 rings (SSSR count). The maximum Gasteiger partial charge on any atom is 0.345 e. The summed E-state index contributed by atoms with van der Waals surface area (Å²) in [6.45, 7) is 3.47. The van der Waals surface area contributed by atoms with Gasteiger partial charge in [0.05, 0.1) is 19.8 Å². The molecule has 1 unspecified atom stereocenters. The highest BCUT2D eigenvalue weighted by Crippen LogP contribution is 2.31. The Balaban J connectivity index is 2.44. The number of aromatic nitrogens is 2. The molecular formula is C13H22N4O3. The molecule has 1 fully saturated rings. The van der Waals surface area contributed by atoms with E-state index in [0.717, 1.165) is 25.8 Å². The summed E-state index contributed by atoms with van der Waals surface area (Å²) in [4.78, 5) is 13.9. The van der Waals surface area contributed by atoms with Gasteiger partial charge in [-0.3, -0.25) is 0 Å². The molecule has 0 saturated carbocycles. The topological polar surface area (TPSA) is 93.6 Å². The zero-order valence-electron chi connectivity index (χ0n) is 12.0. The SMILES string of the molecule is CCCn1nc(N2CCCC2CO)c(C(=O)OC)c1N. The van der Waals surface area contributed by atoms with Crippen molar-refractivity contribution < 1.29 is 14.6 Å². The summed E-state index contributed by atoms with van der Waals surface area (Å²) in [5.41, 5.74) is 6.34. The Morgan fingerprint density at radius 2 is 2.35 bits per heavy atom. The van der Waals surface area contributed by atoms with Crippen LogP contribution in [0.2, 0.25) is 0 Å². The molecule has 2 heterocycles. The van der Waals surface area contributed by atoms with Gasteiger partial charge in [0.1, 0.15) is 11.4 Å². The summed E-state index contributed by atoms with van der Waals surface area (Å²) < 4.78 is 6.45. The number of methoxy groups -OCH3 is 1. The summed E-state index contributed by atoms with van der Waals surface area (Å²) in [5.74, 6) is 0.375. The van der Waals surface area contributed by atoms with Crippen molar-refractivity contribution in [1.29, 1.82) is 0 Å². The van der Waals surface area contributed by atoms with Crippen LogP contribution in [0.4, 0.5) is 11.6 Å². The molecule has 112 valence electrons. The monoisotopic (exact) mass is 282 g/mol. The van der Waals surface area contributed by atoms with Crippen molar-refractivity contribution in [2.75, 3.05) is 30.9 Å². The van der Waals surface area contributed by atoms with Crippen molar-refractivity contribution in [3.63, 3.8) is 0 Å². The second-order valence-electron chi connectivity index (χ2n) is 4.97. The zero-order valence-corrected chi connectivity index (χ0v) is 12.0. The Labute approximate surface area is 118 Å². The van der Waals surface area contributed by atoms with E-state index in [1.54, 1.807) is 4.68 Å². The number of anilines is 2. The third-order valence-corrected chi connectivity index (χ3v) is 3.66. The van der Waals surface area contributed by atoms with Crippen LogP contribution in [0.15, 0.2) is 0 Å². The molecule has 0 bridgehead atoms. The summed E-state index contributed by atoms with van der Waals surface area (Å²) >= 11 is 0. The van der Waals surface area contributed by atoms with Crippen LogP contribution >= 0.6 is 0 Å². The molecule has 20 heavy (non-hydrogen) atoms. The van der Waals surface area contributed by atoms with Gasteiger partial charge in [0.2, 0.25) is 0 Å². The van der Waals surface area contributed by atoms with Crippen molar-refractivity contribution in [3.05, 3.63) is 5.56 Å². The Hall–Kier alpha value is -1.76. The number of rotatable bonds is 5. The van der Waals surface area contributed by atoms with Crippen molar-refractivity contribution in [2.24, 2.45) is 0 Å². The largest absolute Gasteiger partial charge is 0.465 e. The van der Waals surface area contributed by atoms with Gasteiger partial charge in [0.25, 0.3) is 0 Å². The smallest absolute Gasteiger partial charge is 0.345 e. The summed E-state index contributed by atoms with van der Waals surface area (Å²) in [5, 5.41) is 13.9. The minimum absolute atomic E-state index is 0.0113. The minimum atomic E-state index is -0.483. The first-order valence-electron chi connectivity index (χ1n) is 6.96. The first kappa shape index (κ1) is 14.6. The van der Waals surface area contributed by atoms with Crippen LogP contribution in [0.25, 0.3) is 0 Å². The van der Waals surface area contributed by atoms with Gasteiger partial charge in [0, 0.05) is 13.1 Å². The van der Waals surface area contributed by atoms with Crippen LogP contribution in [0.5, 0.6) is 0 Å². The third kappa shape index (κ3) is 2.45. The molecule has 1 atom stereocenters. The predicted molar refractivity (Wildman–Crippen MR) is 75.7 cm³/mol. The first-order chi connectivity index (χ1) is 9.63. The highest BCUT2D eigenvalue weighted by molar-refractivity contribution is 5.99. The standard InChI is InChI=1S/C13H22N4O3/c1-3-6-17-11(14)10(13(19)20-2)12(15-17)16-7-4-5-9(16)8-18/h9,18H,3-8,14H2,1-2H3. The van der Waals surface area contributed by atoms with Gasteiger partial charge in [-0.05, 0) is 19.3 Å². The molecule has 1 saturated heterocycles. The van der Waals surface area contributed by atoms with Crippen LogP contribution in [-0.2, 0) is 11.3 Å². The summed E-state index contributed by atoms with van der Waals surface area (Å²) in [6, 6.07) is -0.0113. The Kier molecular flexibility index (Phi) is 4.49. The fourth-order valence-electron chi connectivity index (χ4n) is 2.65. The molecule has 0 spiro atoms. The van der Waals surface area contributed by atoms with Crippen LogP contribution < -0.4 is 10.6 Å². The molecular weight excluding hydrogens is 260 g/mol. The normalized spacial score (nSPS) is 18.6. The molecule has 1 aliphatic rings. The summed E-state index contributed by atoms with van der Waals surface area (Å²) in [7, 11) is 1.33. The fourth-order valence-corrected chi connectivity index (χ4v) is 2.65. The van der Waals surface area contributed by atoms with Gasteiger partial charge < -0.3 is 20.5 Å². The van der Waals surface area contributed by atoms with Crippen molar-refractivity contribution in [1.82, 2.24) is 9.78 Å². The average Bonchev–Trinajstić information content (AvgIpc) is 3.03. The molecule has 7 nitrogen and oxygen atoms in total. The lowest BCUT2D eigenvalue weighted by molar-refractivity contribution is 0.0602. The number of nitrogen functional groups attached to an aromatic ring is 1. The summed E-state index contributed by atoms with van der Waals surface area (Å²) in [6.07, 6.45) is 2.72. The first-order valence-corrected chi connectivity index (χ1v) is 6.96. The molecule has 1 aromatic heterocycles. The highest BCUT2D eigenvalue weighted by Gasteiger charge is 2.32. The number of carbonyl (C=O) groups excluding carboxylic acids is 1. The second-order valence-corrected chi connectivity index (χ2v) is 4.97. The van der Waals surface area contributed by atoms with Crippen LogP contribution in [-0.4, -0.2) is 47.2 Å². The Morgan fingerprint density at radius 3 is 2.95 bits per heavy atom. The fraction of sp³-hybridized carbons (Fsp3) is 0.692. The van der Waals surface area contributed by atoms with E-state index in [4.69, 9.17) is 10.5 Å². The van der Waals surface area contributed by atoms with Crippen molar-refractivity contribution >= 4 is 17.6 Å². The molecule has 0 aliphatic carbocycles. The van der Waals surface area contributed by atoms with Gasteiger partial charge in [-0.2, -0.15) is 5.10 Å². The second kappa shape index (κ2) is 6.13. The van der Waals surface area contributed by atoms with E-state index in [1.165, 1.54) is 7.11 Å². The molecule has 7 heteroatoms. The number of aliphatic hydroxyl groups excluding tert-OH is 1. The lowest BCUT2D eigenvalue weighted by Gasteiger charge is -2.23. The number of ether oxygens (including phenoxy) is 1. The number of nitrogens with zero attached hydrogens (tertiary/aromatic N) is 3. The van der Waals surface area contributed by atoms with E-state index in [0.29, 0.717) is 23.7 Å².